The first kappa shape index (κ1) is 15.7. The number of sulfonamides is 1. The lowest BCUT2D eigenvalue weighted by Gasteiger charge is -2.34. The Morgan fingerprint density at radius 3 is 2.60 bits per heavy atom. The van der Waals surface area contributed by atoms with Gasteiger partial charge in [-0.3, -0.25) is 4.79 Å². The minimum Gasteiger partial charge on any atom is -0.337 e. The smallest absolute Gasteiger partial charge is 0.222 e. The van der Waals surface area contributed by atoms with E-state index in [4.69, 9.17) is 0 Å². The van der Waals surface area contributed by atoms with Gasteiger partial charge in [0, 0.05) is 45.2 Å². The molecule has 6 nitrogen and oxygen atoms in total. The molecule has 0 aromatic rings. The molecule has 2 fully saturated rings. The zero-order valence-electron chi connectivity index (χ0n) is 12.2. The monoisotopic (exact) mass is 303 g/mol. The highest BCUT2D eigenvalue weighted by Gasteiger charge is 2.26. The molecule has 0 saturated carbocycles. The SMILES string of the molecule is CC1CNCCN1C(=O)CCCS(=O)(=O)N1CCCC1. The van der Waals surface area contributed by atoms with Crippen LogP contribution in [-0.2, 0) is 14.8 Å². The summed E-state index contributed by atoms with van der Waals surface area (Å²) in [5.41, 5.74) is 0. The Labute approximate surface area is 121 Å². The summed E-state index contributed by atoms with van der Waals surface area (Å²) in [6, 6.07) is 0.200. The molecule has 1 amide bonds. The van der Waals surface area contributed by atoms with Crippen molar-refractivity contribution < 1.29 is 13.2 Å². The molecule has 1 unspecified atom stereocenters. The average Bonchev–Trinajstić information content (AvgIpc) is 2.93. The summed E-state index contributed by atoms with van der Waals surface area (Å²) < 4.78 is 25.7. The molecule has 0 aliphatic carbocycles. The molecule has 0 aromatic heterocycles. The summed E-state index contributed by atoms with van der Waals surface area (Å²) in [7, 11) is -3.15. The molecule has 0 radical (unpaired) electrons. The third-order valence-corrected chi connectivity index (χ3v) is 6.03. The van der Waals surface area contributed by atoms with Crippen LogP contribution in [0.25, 0.3) is 0 Å². The van der Waals surface area contributed by atoms with Crippen molar-refractivity contribution >= 4 is 15.9 Å². The van der Waals surface area contributed by atoms with Gasteiger partial charge in [0.1, 0.15) is 0 Å². The first-order chi connectivity index (χ1) is 9.50. The van der Waals surface area contributed by atoms with E-state index >= 15 is 0 Å². The lowest BCUT2D eigenvalue weighted by molar-refractivity contribution is -0.133. The molecule has 1 N–H and O–H groups in total. The molecule has 20 heavy (non-hydrogen) atoms. The van der Waals surface area contributed by atoms with Crippen molar-refractivity contribution in [3.8, 4) is 0 Å². The second-order valence-electron chi connectivity index (χ2n) is 5.67. The first-order valence-electron chi connectivity index (χ1n) is 7.49. The summed E-state index contributed by atoms with van der Waals surface area (Å²) in [6.07, 6.45) is 2.67. The van der Waals surface area contributed by atoms with Crippen molar-refractivity contribution in [1.29, 1.82) is 0 Å². The average molecular weight is 303 g/mol. The van der Waals surface area contributed by atoms with Gasteiger partial charge in [-0.25, -0.2) is 12.7 Å². The molecule has 0 aromatic carbocycles. The largest absolute Gasteiger partial charge is 0.337 e. The predicted octanol–water partition coefficient (Wildman–Crippen LogP) is 0.0125. The van der Waals surface area contributed by atoms with Crippen LogP contribution in [0.3, 0.4) is 0 Å². The number of hydrogen-bond donors (Lipinski definition) is 1. The molecule has 7 heteroatoms. The van der Waals surface area contributed by atoms with Crippen molar-refractivity contribution in [2.24, 2.45) is 0 Å². The van der Waals surface area contributed by atoms with Crippen LogP contribution in [0.15, 0.2) is 0 Å². The quantitative estimate of drug-likeness (QED) is 0.777. The van der Waals surface area contributed by atoms with Crippen molar-refractivity contribution in [2.75, 3.05) is 38.5 Å². The minimum atomic E-state index is -3.15. The molecule has 0 bridgehead atoms. The van der Waals surface area contributed by atoms with Gasteiger partial charge in [0.05, 0.1) is 5.75 Å². The summed E-state index contributed by atoms with van der Waals surface area (Å²) in [5.74, 6) is 0.176. The van der Waals surface area contributed by atoms with E-state index < -0.39 is 10.0 Å². The van der Waals surface area contributed by atoms with Crippen LogP contribution in [0, 0.1) is 0 Å². The molecule has 116 valence electrons. The number of rotatable bonds is 5. The fraction of sp³-hybridized carbons (Fsp3) is 0.923. The van der Waals surface area contributed by atoms with Crippen LogP contribution in [0.2, 0.25) is 0 Å². The minimum absolute atomic E-state index is 0.0793. The lowest BCUT2D eigenvalue weighted by atomic mass is 10.2. The zero-order chi connectivity index (χ0) is 14.6. The molecule has 1 atom stereocenters. The van der Waals surface area contributed by atoms with Gasteiger partial charge in [0.2, 0.25) is 15.9 Å². The third-order valence-electron chi connectivity index (χ3n) is 4.07. The van der Waals surface area contributed by atoms with E-state index in [9.17, 15) is 13.2 Å². The first-order valence-corrected chi connectivity index (χ1v) is 9.09. The van der Waals surface area contributed by atoms with Gasteiger partial charge in [-0.05, 0) is 26.2 Å². The van der Waals surface area contributed by atoms with Crippen LogP contribution in [0.1, 0.15) is 32.6 Å². The topological polar surface area (TPSA) is 69.7 Å². The lowest BCUT2D eigenvalue weighted by Crippen LogP contribution is -2.52. The Balaban J connectivity index is 1.76. The highest BCUT2D eigenvalue weighted by molar-refractivity contribution is 7.89. The molecular weight excluding hydrogens is 278 g/mol. The standard InChI is InChI=1S/C13H25N3O3S/c1-12-11-14-6-9-16(12)13(17)5-4-10-20(18,19)15-7-2-3-8-15/h12,14H,2-11H2,1H3. The molecular formula is C13H25N3O3S. The number of nitrogens with one attached hydrogen (secondary N) is 1. The van der Waals surface area contributed by atoms with Gasteiger partial charge in [0.25, 0.3) is 0 Å². The Morgan fingerprint density at radius 1 is 1.25 bits per heavy atom. The molecule has 2 saturated heterocycles. The molecule has 2 heterocycles. The summed E-state index contributed by atoms with van der Waals surface area (Å²) >= 11 is 0. The summed E-state index contributed by atoms with van der Waals surface area (Å²) in [5, 5.41) is 3.24. The van der Waals surface area contributed by atoms with Crippen LogP contribution < -0.4 is 5.32 Å². The maximum Gasteiger partial charge on any atom is 0.222 e. The normalized spacial score (nSPS) is 25.1. The van der Waals surface area contributed by atoms with E-state index in [0.717, 1.165) is 32.5 Å². The maximum atomic E-state index is 12.1. The summed E-state index contributed by atoms with van der Waals surface area (Å²) in [4.78, 5) is 14.0. The number of nitrogens with zero attached hydrogens (tertiary/aromatic N) is 2. The number of carbonyl (C=O) groups excluding carboxylic acids is 1. The molecule has 2 rings (SSSR count). The number of piperazine rings is 1. The van der Waals surface area contributed by atoms with E-state index in [1.165, 1.54) is 0 Å². The highest BCUT2D eigenvalue weighted by Crippen LogP contribution is 2.15. The second kappa shape index (κ2) is 6.87. The van der Waals surface area contributed by atoms with Crippen LogP contribution in [-0.4, -0.2) is 68.0 Å². The van der Waals surface area contributed by atoms with E-state index in [2.05, 4.69) is 5.32 Å². The number of hydrogen-bond acceptors (Lipinski definition) is 4. The van der Waals surface area contributed by atoms with Gasteiger partial charge in [0.15, 0.2) is 0 Å². The van der Waals surface area contributed by atoms with E-state index in [1.54, 1.807) is 4.31 Å². The van der Waals surface area contributed by atoms with Crippen molar-refractivity contribution in [1.82, 2.24) is 14.5 Å². The summed E-state index contributed by atoms with van der Waals surface area (Å²) in [6.45, 7) is 5.67. The van der Waals surface area contributed by atoms with Gasteiger partial charge in [-0.2, -0.15) is 0 Å². The fourth-order valence-electron chi connectivity index (χ4n) is 2.86. The van der Waals surface area contributed by atoms with Crippen LogP contribution in [0.4, 0.5) is 0 Å². The van der Waals surface area contributed by atoms with E-state index in [-0.39, 0.29) is 17.7 Å². The maximum absolute atomic E-state index is 12.1. The second-order valence-corrected chi connectivity index (χ2v) is 7.75. The number of amides is 1. The van der Waals surface area contributed by atoms with Crippen LogP contribution >= 0.6 is 0 Å². The van der Waals surface area contributed by atoms with Crippen LogP contribution in [0.5, 0.6) is 0 Å². The van der Waals surface area contributed by atoms with Crippen molar-refractivity contribution in [2.45, 2.75) is 38.6 Å². The third kappa shape index (κ3) is 3.93. The number of carbonyl (C=O) groups is 1. The Hall–Kier alpha value is -0.660. The van der Waals surface area contributed by atoms with Gasteiger partial charge >= 0.3 is 0 Å². The predicted molar refractivity (Wildman–Crippen MR) is 77.9 cm³/mol. The van der Waals surface area contributed by atoms with E-state index in [1.807, 2.05) is 11.8 Å². The molecule has 2 aliphatic rings. The Bertz CT molecular complexity index is 432. The highest BCUT2D eigenvalue weighted by atomic mass is 32.2. The molecule has 2 aliphatic heterocycles. The fourth-order valence-corrected chi connectivity index (χ4v) is 4.44. The Kier molecular flexibility index (Phi) is 5.40. The van der Waals surface area contributed by atoms with E-state index in [0.29, 0.717) is 25.9 Å². The molecule has 0 spiro atoms. The Morgan fingerprint density at radius 2 is 1.95 bits per heavy atom. The van der Waals surface area contributed by atoms with Gasteiger partial charge < -0.3 is 10.2 Å². The van der Waals surface area contributed by atoms with Gasteiger partial charge in [-0.15, -0.1) is 0 Å². The van der Waals surface area contributed by atoms with Crippen molar-refractivity contribution in [3.05, 3.63) is 0 Å². The van der Waals surface area contributed by atoms with Gasteiger partial charge in [-0.1, -0.05) is 0 Å². The van der Waals surface area contributed by atoms with Crippen molar-refractivity contribution in [3.63, 3.8) is 0 Å². The zero-order valence-corrected chi connectivity index (χ0v) is 13.0.